The highest BCUT2D eigenvalue weighted by atomic mass is 35.5. The zero-order valence-electron chi connectivity index (χ0n) is 10.4. The van der Waals surface area contributed by atoms with E-state index in [9.17, 15) is 0 Å². The minimum atomic E-state index is 0.565. The molecule has 2 aromatic rings. The summed E-state index contributed by atoms with van der Waals surface area (Å²) in [4.78, 5) is 4.56. The molecule has 0 spiro atoms. The van der Waals surface area contributed by atoms with Gasteiger partial charge in [-0.3, -0.25) is 0 Å². The highest BCUT2D eigenvalue weighted by Gasteiger charge is 2.18. The zero-order valence-corrected chi connectivity index (χ0v) is 11.9. The third-order valence-corrected chi connectivity index (χ3v) is 3.54. The predicted molar refractivity (Wildman–Crippen MR) is 77.1 cm³/mol. The molecule has 1 aromatic heterocycles. The summed E-state index contributed by atoms with van der Waals surface area (Å²) in [6.45, 7) is 2.10. The molecule has 0 fully saturated rings. The van der Waals surface area contributed by atoms with Gasteiger partial charge in [0.1, 0.15) is 17.3 Å². The summed E-state index contributed by atoms with van der Waals surface area (Å²) in [7, 11) is 1.90. The van der Waals surface area contributed by atoms with E-state index in [-0.39, 0.29) is 0 Å². The minimum absolute atomic E-state index is 0.565. The zero-order chi connectivity index (χ0) is 13.3. The predicted octanol–water partition coefficient (Wildman–Crippen LogP) is 3.93. The summed E-state index contributed by atoms with van der Waals surface area (Å²) in [5.74, 6) is 1.54. The van der Waals surface area contributed by atoms with Crippen molar-refractivity contribution < 1.29 is 0 Å². The number of nitrogen functional groups attached to an aromatic ring is 1. The van der Waals surface area contributed by atoms with Crippen molar-refractivity contribution in [2.45, 2.75) is 19.8 Å². The SMILES string of the molecule is CCCc1nc(-c2c(Cl)cccc2Cl)c(N)n1C. The quantitative estimate of drug-likeness (QED) is 0.928. The summed E-state index contributed by atoms with van der Waals surface area (Å²) in [6, 6.07) is 5.38. The van der Waals surface area contributed by atoms with Crippen LogP contribution in [0, 0.1) is 0 Å². The highest BCUT2D eigenvalue weighted by Crippen LogP contribution is 2.37. The second-order valence-corrected chi connectivity index (χ2v) is 4.98. The van der Waals surface area contributed by atoms with E-state index in [4.69, 9.17) is 28.9 Å². The molecule has 0 unspecified atom stereocenters. The van der Waals surface area contributed by atoms with Crippen LogP contribution in [0.1, 0.15) is 19.2 Å². The van der Waals surface area contributed by atoms with Crippen LogP contribution < -0.4 is 5.73 Å². The fraction of sp³-hybridized carbons (Fsp3) is 0.308. The average molecular weight is 284 g/mol. The van der Waals surface area contributed by atoms with Gasteiger partial charge in [0.25, 0.3) is 0 Å². The summed E-state index contributed by atoms with van der Waals surface area (Å²) < 4.78 is 1.89. The van der Waals surface area contributed by atoms with Crippen molar-refractivity contribution >= 4 is 29.0 Å². The molecule has 3 nitrogen and oxygen atoms in total. The van der Waals surface area contributed by atoms with Gasteiger partial charge in [-0.05, 0) is 18.6 Å². The van der Waals surface area contributed by atoms with Gasteiger partial charge in [0.15, 0.2) is 0 Å². The van der Waals surface area contributed by atoms with Gasteiger partial charge in [-0.25, -0.2) is 4.98 Å². The largest absolute Gasteiger partial charge is 0.383 e. The van der Waals surface area contributed by atoms with Crippen LogP contribution in [0.2, 0.25) is 10.0 Å². The molecule has 1 aromatic carbocycles. The lowest BCUT2D eigenvalue weighted by Crippen LogP contribution is -2.01. The van der Waals surface area contributed by atoms with Crippen LogP contribution in [0.15, 0.2) is 18.2 Å². The Balaban J connectivity index is 2.61. The molecule has 0 bridgehead atoms. The average Bonchev–Trinajstić information content (AvgIpc) is 2.59. The maximum Gasteiger partial charge on any atom is 0.131 e. The molecule has 0 amide bonds. The summed E-state index contributed by atoms with van der Waals surface area (Å²) in [6.07, 6.45) is 1.89. The highest BCUT2D eigenvalue weighted by molar-refractivity contribution is 6.39. The molecular formula is C13H15Cl2N3. The maximum absolute atomic E-state index is 6.19. The smallest absolute Gasteiger partial charge is 0.131 e. The number of aromatic nitrogens is 2. The van der Waals surface area contributed by atoms with Gasteiger partial charge in [0, 0.05) is 19.0 Å². The Morgan fingerprint density at radius 1 is 1.28 bits per heavy atom. The van der Waals surface area contributed by atoms with Crippen LogP contribution in [-0.2, 0) is 13.5 Å². The molecule has 0 saturated carbocycles. The van der Waals surface area contributed by atoms with E-state index in [1.54, 1.807) is 18.2 Å². The number of rotatable bonds is 3. The third kappa shape index (κ3) is 2.20. The lowest BCUT2D eigenvalue weighted by Gasteiger charge is -2.05. The molecule has 0 saturated heterocycles. The molecule has 0 aliphatic heterocycles. The van der Waals surface area contributed by atoms with Gasteiger partial charge >= 0.3 is 0 Å². The van der Waals surface area contributed by atoms with Gasteiger partial charge in [-0.2, -0.15) is 0 Å². The number of anilines is 1. The summed E-state index contributed by atoms with van der Waals surface area (Å²) in [5.41, 5.74) is 7.46. The number of halogens is 2. The number of hydrogen-bond donors (Lipinski definition) is 1. The van der Waals surface area contributed by atoms with Gasteiger partial charge in [0.05, 0.1) is 10.0 Å². The van der Waals surface area contributed by atoms with Crippen LogP contribution in [0.3, 0.4) is 0 Å². The number of nitrogens with zero attached hydrogens (tertiary/aromatic N) is 2. The second kappa shape index (κ2) is 5.21. The van der Waals surface area contributed by atoms with Crippen LogP contribution >= 0.6 is 23.2 Å². The van der Waals surface area contributed by atoms with E-state index < -0.39 is 0 Å². The Bertz CT molecular complexity index is 556. The molecule has 0 aliphatic rings. The summed E-state index contributed by atoms with van der Waals surface area (Å²) >= 11 is 12.4. The Hall–Kier alpha value is -1.19. The van der Waals surface area contributed by atoms with Crippen molar-refractivity contribution in [2.75, 3.05) is 5.73 Å². The van der Waals surface area contributed by atoms with E-state index in [0.717, 1.165) is 18.7 Å². The maximum atomic E-state index is 6.19. The van der Waals surface area contributed by atoms with E-state index in [0.29, 0.717) is 27.1 Å². The first-order chi connectivity index (χ1) is 8.56. The Morgan fingerprint density at radius 2 is 1.89 bits per heavy atom. The van der Waals surface area contributed by atoms with Crippen molar-refractivity contribution in [1.82, 2.24) is 9.55 Å². The molecule has 1 heterocycles. The second-order valence-electron chi connectivity index (χ2n) is 4.17. The van der Waals surface area contributed by atoms with Crippen molar-refractivity contribution in [3.05, 3.63) is 34.1 Å². The van der Waals surface area contributed by atoms with Crippen LogP contribution in [0.5, 0.6) is 0 Å². The number of hydrogen-bond acceptors (Lipinski definition) is 2. The standard InChI is InChI=1S/C13H15Cl2N3/c1-3-5-10-17-12(13(16)18(10)2)11-8(14)6-4-7-9(11)15/h4,6-7H,3,5,16H2,1-2H3. The molecule has 2 rings (SSSR count). The molecule has 5 heteroatoms. The molecular weight excluding hydrogens is 269 g/mol. The number of imidazole rings is 1. The van der Waals surface area contributed by atoms with Crippen molar-refractivity contribution in [1.29, 1.82) is 0 Å². The monoisotopic (exact) mass is 283 g/mol. The minimum Gasteiger partial charge on any atom is -0.383 e. The van der Waals surface area contributed by atoms with Crippen LogP contribution in [0.4, 0.5) is 5.82 Å². The first kappa shape index (κ1) is 13.2. The lowest BCUT2D eigenvalue weighted by molar-refractivity contribution is 0.764. The van der Waals surface area contributed by atoms with Crippen LogP contribution in [-0.4, -0.2) is 9.55 Å². The first-order valence-electron chi connectivity index (χ1n) is 5.81. The number of nitrogens with two attached hydrogens (primary N) is 1. The van der Waals surface area contributed by atoms with Crippen molar-refractivity contribution in [3.8, 4) is 11.3 Å². The van der Waals surface area contributed by atoms with Gasteiger partial charge < -0.3 is 10.3 Å². The lowest BCUT2D eigenvalue weighted by atomic mass is 10.1. The van der Waals surface area contributed by atoms with Gasteiger partial charge in [-0.1, -0.05) is 36.2 Å². The Kier molecular flexibility index (Phi) is 3.83. The topological polar surface area (TPSA) is 43.8 Å². The van der Waals surface area contributed by atoms with Crippen molar-refractivity contribution in [2.24, 2.45) is 7.05 Å². The normalized spacial score (nSPS) is 10.9. The Labute approximate surface area is 117 Å². The third-order valence-electron chi connectivity index (χ3n) is 2.91. The molecule has 0 aliphatic carbocycles. The van der Waals surface area contributed by atoms with E-state index >= 15 is 0 Å². The fourth-order valence-corrected chi connectivity index (χ4v) is 2.49. The molecule has 2 N–H and O–H groups in total. The molecule has 0 radical (unpaired) electrons. The van der Waals surface area contributed by atoms with E-state index in [1.165, 1.54) is 0 Å². The molecule has 96 valence electrons. The van der Waals surface area contributed by atoms with E-state index in [2.05, 4.69) is 11.9 Å². The molecule has 0 atom stereocenters. The number of aryl methyl sites for hydroxylation is 1. The van der Waals surface area contributed by atoms with Gasteiger partial charge in [-0.15, -0.1) is 0 Å². The Morgan fingerprint density at radius 3 is 2.44 bits per heavy atom. The van der Waals surface area contributed by atoms with Crippen molar-refractivity contribution in [3.63, 3.8) is 0 Å². The van der Waals surface area contributed by atoms with E-state index in [1.807, 2.05) is 11.6 Å². The van der Waals surface area contributed by atoms with Gasteiger partial charge in [0.2, 0.25) is 0 Å². The first-order valence-corrected chi connectivity index (χ1v) is 6.57. The van der Waals surface area contributed by atoms with Crippen LogP contribution in [0.25, 0.3) is 11.3 Å². The fourth-order valence-electron chi connectivity index (χ4n) is 1.91. The number of benzene rings is 1. The summed E-state index contributed by atoms with van der Waals surface area (Å²) in [5, 5.41) is 1.13. The molecule has 18 heavy (non-hydrogen) atoms.